The van der Waals surface area contributed by atoms with Crippen molar-refractivity contribution >= 4 is 0 Å². The zero-order valence-corrected chi connectivity index (χ0v) is 11.3. The molecule has 1 saturated heterocycles. The molecule has 0 unspecified atom stereocenters. The minimum Gasteiger partial charge on any atom is -0.395 e. The zero-order valence-electron chi connectivity index (χ0n) is 11.3. The van der Waals surface area contributed by atoms with E-state index in [4.69, 9.17) is 5.11 Å². The Kier molecular flexibility index (Phi) is 5.17. The van der Waals surface area contributed by atoms with Gasteiger partial charge >= 0.3 is 0 Å². The van der Waals surface area contributed by atoms with E-state index in [0.29, 0.717) is 0 Å². The van der Waals surface area contributed by atoms with Crippen LogP contribution in [0.2, 0.25) is 0 Å². The van der Waals surface area contributed by atoms with Crippen LogP contribution in [0.3, 0.4) is 0 Å². The molecule has 0 radical (unpaired) electrons. The van der Waals surface area contributed by atoms with Crippen molar-refractivity contribution in [3.8, 4) is 0 Å². The SMILES string of the molecule is CCc1ccccc1CN1CCN(CCO)CC1. The molecule has 3 nitrogen and oxygen atoms in total. The summed E-state index contributed by atoms with van der Waals surface area (Å²) in [7, 11) is 0. The normalized spacial score (nSPS) is 18.1. The van der Waals surface area contributed by atoms with Crippen LogP contribution in [-0.2, 0) is 13.0 Å². The molecule has 0 spiro atoms. The number of piperazine rings is 1. The van der Waals surface area contributed by atoms with Gasteiger partial charge in [0.25, 0.3) is 0 Å². The third kappa shape index (κ3) is 3.55. The maximum absolute atomic E-state index is 8.93. The summed E-state index contributed by atoms with van der Waals surface area (Å²) in [4.78, 5) is 4.85. The Morgan fingerprint density at radius 1 is 1.00 bits per heavy atom. The number of hydrogen-bond acceptors (Lipinski definition) is 3. The number of hydrogen-bond donors (Lipinski definition) is 1. The van der Waals surface area contributed by atoms with Gasteiger partial charge in [-0.25, -0.2) is 0 Å². The van der Waals surface area contributed by atoms with E-state index in [9.17, 15) is 0 Å². The quantitative estimate of drug-likeness (QED) is 0.852. The Morgan fingerprint density at radius 3 is 2.22 bits per heavy atom. The number of benzene rings is 1. The van der Waals surface area contributed by atoms with E-state index in [-0.39, 0.29) is 6.61 Å². The van der Waals surface area contributed by atoms with E-state index in [2.05, 4.69) is 41.0 Å². The lowest BCUT2D eigenvalue weighted by Crippen LogP contribution is -2.46. The Balaban J connectivity index is 1.87. The molecule has 0 atom stereocenters. The van der Waals surface area contributed by atoms with E-state index in [1.54, 1.807) is 0 Å². The van der Waals surface area contributed by atoms with Crippen LogP contribution in [0.15, 0.2) is 24.3 Å². The first-order valence-electron chi connectivity index (χ1n) is 6.96. The van der Waals surface area contributed by atoms with Crippen LogP contribution in [0.5, 0.6) is 0 Å². The second kappa shape index (κ2) is 6.88. The van der Waals surface area contributed by atoms with E-state index in [1.165, 1.54) is 11.1 Å². The molecule has 1 aromatic carbocycles. The Labute approximate surface area is 110 Å². The van der Waals surface area contributed by atoms with Gasteiger partial charge in [0.15, 0.2) is 0 Å². The van der Waals surface area contributed by atoms with E-state index < -0.39 is 0 Å². The van der Waals surface area contributed by atoms with Crippen molar-refractivity contribution in [2.24, 2.45) is 0 Å². The Morgan fingerprint density at radius 2 is 1.61 bits per heavy atom. The smallest absolute Gasteiger partial charge is 0.0558 e. The van der Waals surface area contributed by atoms with Gasteiger partial charge in [-0.3, -0.25) is 9.80 Å². The molecule has 1 aliphatic heterocycles. The summed E-state index contributed by atoms with van der Waals surface area (Å²) in [5, 5.41) is 8.93. The highest BCUT2D eigenvalue weighted by Crippen LogP contribution is 2.13. The lowest BCUT2D eigenvalue weighted by atomic mass is 10.0. The molecule has 0 saturated carbocycles. The molecule has 2 rings (SSSR count). The molecule has 1 heterocycles. The van der Waals surface area contributed by atoms with Crippen LogP contribution in [-0.4, -0.2) is 54.2 Å². The van der Waals surface area contributed by atoms with Gasteiger partial charge in [-0.1, -0.05) is 31.2 Å². The Hall–Kier alpha value is -0.900. The van der Waals surface area contributed by atoms with Gasteiger partial charge in [0.2, 0.25) is 0 Å². The first-order valence-corrected chi connectivity index (χ1v) is 6.96. The third-order valence-electron chi connectivity index (χ3n) is 3.77. The number of aryl methyl sites for hydroxylation is 1. The molecule has 1 N–H and O–H groups in total. The largest absolute Gasteiger partial charge is 0.395 e. The number of rotatable bonds is 5. The van der Waals surface area contributed by atoms with Crippen LogP contribution in [0, 0.1) is 0 Å². The first-order chi connectivity index (χ1) is 8.83. The van der Waals surface area contributed by atoms with E-state index in [0.717, 1.165) is 45.7 Å². The molecule has 0 aliphatic carbocycles. The summed E-state index contributed by atoms with van der Waals surface area (Å²) in [5.74, 6) is 0. The van der Waals surface area contributed by atoms with Gasteiger partial charge in [-0.2, -0.15) is 0 Å². The topological polar surface area (TPSA) is 26.7 Å². The zero-order chi connectivity index (χ0) is 12.8. The van der Waals surface area contributed by atoms with Gasteiger partial charge in [-0.15, -0.1) is 0 Å². The standard InChI is InChI=1S/C15H24N2O/c1-2-14-5-3-4-6-15(14)13-17-9-7-16(8-10-17)11-12-18/h3-6,18H,2,7-13H2,1H3. The van der Waals surface area contributed by atoms with Crippen LogP contribution >= 0.6 is 0 Å². The van der Waals surface area contributed by atoms with Crippen molar-refractivity contribution in [3.63, 3.8) is 0 Å². The van der Waals surface area contributed by atoms with Crippen LogP contribution < -0.4 is 0 Å². The number of nitrogens with zero attached hydrogens (tertiary/aromatic N) is 2. The average molecular weight is 248 g/mol. The number of β-amino-alcohol motifs (C(OH)–C–C–N with tert-alkyl or cyclic N) is 1. The molecular formula is C15H24N2O. The molecule has 0 bridgehead atoms. The van der Waals surface area contributed by atoms with Gasteiger partial charge in [0.05, 0.1) is 6.61 Å². The molecular weight excluding hydrogens is 224 g/mol. The predicted molar refractivity (Wildman–Crippen MR) is 74.6 cm³/mol. The summed E-state index contributed by atoms with van der Waals surface area (Å²) in [6, 6.07) is 8.74. The second-order valence-corrected chi connectivity index (χ2v) is 4.96. The highest BCUT2D eigenvalue weighted by atomic mass is 16.3. The van der Waals surface area contributed by atoms with Crippen molar-refractivity contribution < 1.29 is 5.11 Å². The van der Waals surface area contributed by atoms with E-state index >= 15 is 0 Å². The van der Waals surface area contributed by atoms with Crippen molar-refractivity contribution in [1.29, 1.82) is 0 Å². The van der Waals surface area contributed by atoms with Crippen LogP contribution in [0.25, 0.3) is 0 Å². The highest BCUT2D eigenvalue weighted by Gasteiger charge is 2.16. The molecule has 1 aromatic rings. The minimum absolute atomic E-state index is 0.276. The van der Waals surface area contributed by atoms with Gasteiger partial charge < -0.3 is 5.11 Å². The van der Waals surface area contributed by atoms with Crippen molar-refractivity contribution in [3.05, 3.63) is 35.4 Å². The molecule has 0 aromatic heterocycles. The van der Waals surface area contributed by atoms with Crippen LogP contribution in [0.1, 0.15) is 18.1 Å². The lowest BCUT2D eigenvalue weighted by molar-refractivity contribution is 0.108. The molecule has 3 heteroatoms. The number of aliphatic hydroxyl groups is 1. The predicted octanol–water partition coefficient (Wildman–Crippen LogP) is 1.36. The fraction of sp³-hybridized carbons (Fsp3) is 0.600. The summed E-state index contributed by atoms with van der Waals surface area (Å²) < 4.78 is 0. The third-order valence-corrected chi connectivity index (χ3v) is 3.77. The lowest BCUT2D eigenvalue weighted by Gasteiger charge is -2.34. The fourth-order valence-electron chi connectivity index (χ4n) is 2.61. The summed E-state index contributed by atoms with van der Waals surface area (Å²) in [6.07, 6.45) is 1.11. The Bertz CT molecular complexity index is 359. The summed E-state index contributed by atoms with van der Waals surface area (Å²) in [6.45, 7) is 8.76. The molecule has 1 fully saturated rings. The molecule has 18 heavy (non-hydrogen) atoms. The van der Waals surface area contributed by atoms with Crippen molar-refractivity contribution in [2.75, 3.05) is 39.3 Å². The average Bonchev–Trinajstić information content (AvgIpc) is 2.42. The van der Waals surface area contributed by atoms with Gasteiger partial charge in [0, 0.05) is 39.3 Å². The van der Waals surface area contributed by atoms with Crippen molar-refractivity contribution in [1.82, 2.24) is 9.80 Å². The summed E-state index contributed by atoms with van der Waals surface area (Å²) in [5.41, 5.74) is 2.94. The molecule has 100 valence electrons. The number of aliphatic hydroxyl groups excluding tert-OH is 1. The molecule has 1 aliphatic rings. The minimum atomic E-state index is 0.276. The van der Waals surface area contributed by atoms with Gasteiger partial charge in [0.1, 0.15) is 0 Å². The monoisotopic (exact) mass is 248 g/mol. The molecule has 0 amide bonds. The fourth-order valence-corrected chi connectivity index (χ4v) is 2.61. The second-order valence-electron chi connectivity index (χ2n) is 4.96. The first kappa shape index (κ1) is 13.5. The van der Waals surface area contributed by atoms with Crippen molar-refractivity contribution in [2.45, 2.75) is 19.9 Å². The van der Waals surface area contributed by atoms with Gasteiger partial charge in [-0.05, 0) is 17.5 Å². The van der Waals surface area contributed by atoms with Crippen LogP contribution in [0.4, 0.5) is 0 Å². The maximum atomic E-state index is 8.93. The summed E-state index contributed by atoms with van der Waals surface area (Å²) >= 11 is 0. The maximum Gasteiger partial charge on any atom is 0.0558 e. The van der Waals surface area contributed by atoms with E-state index in [1.807, 2.05) is 0 Å². The highest BCUT2D eigenvalue weighted by molar-refractivity contribution is 5.26.